The third-order valence-electron chi connectivity index (χ3n) is 4.24. The van der Waals surface area contributed by atoms with Gasteiger partial charge >= 0.3 is 0 Å². The standard InChI is InChI=1S/C20H15FN4O/c1-12-6-8-16(21)19(24-12)15-5-3-2-4-14(15)13-7-9-18-23-10-17(20(22)26)25(18)11-13/h2-11H,1H3,(H2,22,26). The topological polar surface area (TPSA) is 73.3 Å². The monoisotopic (exact) mass is 346 g/mol. The smallest absolute Gasteiger partial charge is 0.267 e. The molecule has 0 bridgehead atoms. The third-order valence-corrected chi connectivity index (χ3v) is 4.24. The molecule has 0 saturated carbocycles. The van der Waals surface area contributed by atoms with Gasteiger partial charge in [-0.3, -0.25) is 14.2 Å². The predicted octanol–water partition coefficient (Wildman–Crippen LogP) is 3.61. The van der Waals surface area contributed by atoms with E-state index in [9.17, 15) is 9.18 Å². The van der Waals surface area contributed by atoms with Crippen molar-refractivity contribution in [2.45, 2.75) is 6.92 Å². The molecule has 0 atom stereocenters. The molecule has 26 heavy (non-hydrogen) atoms. The van der Waals surface area contributed by atoms with Crippen molar-refractivity contribution in [2.24, 2.45) is 5.73 Å². The maximum atomic E-state index is 14.4. The molecule has 1 amide bonds. The molecule has 0 aliphatic rings. The predicted molar refractivity (Wildman–Crippen MR) is 97.1 cm³/mol. The van der Waals surface area contributed by atoms with Crippen molar-refractivity contribution >= 4 is 11.6 Å². The highest BCUT2D eigenvalue weighted by atomic mass is 19.1. The number of fused-ring (bicyclic) bond motifs is 1. The van der Waals surface area contributed by atoms with E-state index in [1.807, 2.05) is 37.3 Å². The van der Waals surface area contributed by atoms with Crippen LogP contribution < -0.4 is 5.73 Å². The number of nitrogens with zero attached hydrogens (tertiary/aromatic N) is 3. The van der Waals surface area contributed by atoms with Crippen molar-refractivity contribution in [3.8, 4) is 22.4 Å². The molecule has 0 spiro atoms. The van der Waals surface area contributed by atoms with Crippen molar-refractivity contribution < 1.29 is 9.18 Å². The van der Waals surface area contributed by atoms with Gasteiger partial charge in [-0.2, -0.15) is 0 Å². The van der Waals surface area contributed by atoms with Crippen LogP contribution in [-0.2, 0) is 0 Å². The second kappa shape index (κ2) is 6.07. The maximum absolute atomic E-state index is 14.4. The average Bonchev–Trinajstić information content (AvgIpc) is 3.07. The van der Waals surface area contributed by atoms with Gasteiger partial charge < -0.3 is 5.73 Å². The largest absolute Gasteiger partial charge is 0.364 e. The van der Waals surface area contributed by atoms with Crippen molar-refractivity contribution in [3.05, 3.63) is 78.1 Å². The van der Waals surface area contributed by atoms with Gasteiger partial charge in [0.05, 0.1) is 6.20 Å². The van der Waals surface area contributed by atoms with Crippen LogP contribution in [0.15, 0.2) is 60.9 Å². The Bertz CT molecular complexity index is 1150. The first-order chi connectivity index (χ1) is 12.5. The van der Waals surface area contributed by atoms with Gasteiger partial charge in [0.25, 0.3) is 5.91 Å². The number of aryl methyl sites for hydroxylation is 1. The lowest BCUT2D eigenvalue weighted by molar-refractivity contribution is 0.0995. The number of benzene rings is 1. The molecule has 4 aromatic rings. The van der Waals surface area contributed by atoms with E-state index in [-0.39, 0.29) is 5.82 Å². The molecule has 128 valence electrons. The van der Waals surface area contributed by atoms with Crippen LogP contribution in [0.1, 0.15) is 16.2 Å². The summed E-state index contributed by atoms with van der Waals surface area (Å²) in [6.45, 7) is 1.82. The number of nitrogens with two attached hydrogens (primary N) is 1. The van der Waals surface area contributed by atoms with Crippen molar-refractivity contribution in [3.63, 3.8) is 0 Å². The minimum absolute atomic E-state index is 0.291. The number of hydrogen-bond acceptors (Lipinski definition) is 3. The zero-order valence-electron chi connectivity index (χ0n) is 14.0. The molecular weight excluding hydrogens is 331 g/mol. The number of pyridine rings is 2. The summed E-state index contributed by atoms with van der Waals surface area (Å²) in [5.74, 6) is -0.945. The SMILES string of the molecule is Cc1ccc(F)c(-c2ccccc2-c2ccc3ncc(C(N)=O)n3c2)n1. The zero-order valence-corrected chi connectivity index (χ0v) is 14.0. The van der Waals surface area contributed by atoms with Crippen LogP contribution in [0.3, 0.4) is 0 Å². The summed E-state index contributed by atoms with van der Waals surface area (Å²) in [6, 6.07) is 14.1. The molecule has 3 heterocycles. The average molecular weight is 346 g/mol. The van der Waals surface area contributed by atoms with E-state index in [0.29, 0.717) is 22.6 Å². The van der Waals surface area contributed by atoms with Crippen LogP contribution in [0, 0.1) is 12.7 Å². The molecule has 4 rings (SSSR count). The van der Waals surface area contributed by atoms with Crippen LogP contribution >= 0.6 is 0 Å². The van der Waals surface area contributed by atoms with Gasteiger partial charge in [-0.1, -0.05) is 24.3 Å². The summed E-state index contributed by atoms with van der Waals surface area (Å²) in [4.78, 5) is 20.1. The Balaban J connectivity index is 1.95. The summed E-state index contributed by atoms with van der Waals surface area (Å²) in [7, 11) is 0. The molecule has 0 saturated heterocycles. The number of aromatic nitrogens is 3. The quantitative estimate of drug-likeness (QED) is 0.616. The normalized spacial score (nSPS) is 11.0. The molecule has 2 N–H and O–H groups in total. The van der Waals surface area contributed by atoms with Crippen molar-refractivity contribution in [2.75, 3.05) is 0 Å². The number of amides is 1. The highest BCUT2D eigenvalue weighted by molar-refractivity contribution is 5.92. The van der Waals surface area contributed by atoms with E-state index in [1.165, 1.54) is 12.3 Å². The zero-order chi connectivity index (χ0) is 18.3. The van der Waals surface area contributed by atoms with Crippen LogP contribution in [0.25, 0.3) is 28.0 Å². The first-order valence-electron chi connectivity index (χ1n) is 8.04. The molecule has 0 aliphatic heterocycles. The molecule has 5 nitrogen and oxygen atoms in total. The van der Waals surface area contributed by atoms with E-state index in [4.69, 9.17) is 5.73 Å². The van der Waals surface area contributed by atoms with E-state index >= 15 is 0 Å². The Kier molecular flexibility index (Phi) is 3.73. The number of carbonyl (C=O) groups is 1. The molecule has 0 fully saturated rings. The first-order valence-corrected chi connectivity index (χ1v) is 8.04. The fraction of sp³-hybridized carbons (Fsp3) is 0.0500. The molecule has 0 aliphatic carbocycles. The van der Waals surface area contributed by atoms with E-state index in [0.717, 1.165) is 16.8 Å². The summed E-state index contributed by atoms with van der Waals surface area (Å²) in [6.07, 6.45) is 3.21. The van der Waals surface area contributed by atoms with Gasteiger partial charge in [-0.15, -0.1) is 0 Å². The lowest BCUT2D eigenvalue weighted by Gasteiger charge is -2.11. The van der Waals surface area contributed by atoms with Crippen LogP contribution in [-0.4, -0.2) is 20.3 Å². The Morgan fingerprint density at radius 1 is 1.08 bits per heavy atom. The number of hydrogen-bond donors (Lipinski definition) is 1. The van der Waals surface area contributed by atoms with Gasteiger partial charge in [0.1, 0.15) is 22.9 Å². The summed E-state index contributed by atoms with van der Waals surface area (Å²) < 4.78 is 16.0. The minimum atomic E-state index is -0.561. The van der Waals surface area contributed by atoms with Gasteiger partial charge in [-0.05, 0) is 42.3 Å². The highest BCUT2D eigenvalue weighted by Gasteiger charge is 2.15. The fourth-order valence-corrected chi connectivity index (χ4v) is 2.99. The van der Waals surface area contributed by atoms with Crippen LogP contribution in [0.4, 0.5) is 4.39 Å². The molecule has 1 aromatic carbocycles. The number of primary amides is 1. The second-order valence-electron chi connectivity index (χ2n) is 5.98. The van der Waals surface area contributed by atoms with Crippen LogP contribution in [0.2, 0.25) is 0 Å². The van der Waals surface area contributed by atoms with E-state index in [2.05, 4.69) is 9.97 Å². The Labute approximate surface area is 148 Å². The maximum Gasteiger partial charge on any atom is 0.267 e. The fourth-order valence-electron chi connectivity index (χ4n) is 2.99. The lowest BCUT2D eigenvalue weighted by Crippen LogP contribution is -2.13. The third kappa shape index (κ3) is 2.61. The molecule has 0 radical (unpaired) electrons. The second-order valence-corrected chi connectivity index (χ2v) is 5.98. The summed E-state index contributed by atoms with van der Waals surface area (Å²) >= 11 is 0. The van der Waals surface area contributed by atoms with Crippen LogP contribution in [0.5, 0.6) is 0 Å². The van der Waals surface area contributed by atoms with Gasteiger partial charge in [0.15, 0.2) is 0 Å². The van der Waals surface area contributed by atoms with E-state index in [1.54, 1.807) is 22.7 Å². The molecule has 0 unspecified atom stereocenters. The number of imidazole rings is 1. The van der Waals surface area contributed by atoms with Gasteiger partial charge in [0.2, 0.25) is 0 Å². The van der Waals surface area contributed by atoms with Gasteiger partial charge in [0, 0.05) is 17.5 Å². The lowest BCUT2D eigenvalue weighted by atomic mass is 9.98. The van der Waals surface area contributed by atoms with Gasteiger partial charge in [-0.25, -0.2) is 9.37 Å². The Morgan fingerprint density at radius 3 is 2.62 bits per heavy atom. The summed E-state index contributed by atoms with van der Waals surface area (Å²) in [5, 5.41) is 0. The minimum Gasteiger partial charge on any atom is -0.364 e. The van der Waals surface area contributed by atoms with Crippen molar-refractivity contribution in [1.82, 2.24) is 14.4 Å². The summed E-state index contributed by atoms with van der Waals surface area (Å²) in [5.41, 5.74) is 9.62. The highest BCUT2D eigenvalue weighted by Crippen LogP contribution is 2.32. The number of halogens is 1. The molecule has 6 heteroatoms. The van der Waals surface area contributed by atoms with E-state index < -0.39 is 5.91 Å². The molecular formula is C20H15FN4O. The Morgan fingerprint density at radius 2 is 1.85 bits per heavy atom. The number of rotatable bonds is 3. The Hall–Kier alpha value is -3.54. The van der Waals surface area contributed by atoms with Crippen molar-refractivity contribution in [1.29, 1.82) is 0 Å². The molecule has 3 aromatic heterocycles. The first kappa shape index (κ1) is 16.0. The number of carbonyl (C=O) groups excluding carboxylic acids is 1.